The summed E-state index contributed by atoms with van der Waals surface area (Å²) in [5.41, 5.74) is 3.00. The van der Waals surface area contributed by atoms with Crippen LogP contribution < -0.4 is 10.2 Å². The summed E-state index contributed by atoms with van der Waals surface area (Å²) in [6.07, 6.45) is 3.83. The van der Waals surface area contributed by atoms with Crippen LogP contribution >= 0.6 is 0 Å². The van der Waals surface area contributed by atoms with Gasteiger partial charge in [-0.1, -0.05) is 30.3 Å². The first-order valence-electron chi connectivity index (χ1n) is 10.2. The number of aliphatic hydroxyl groups excluding tert-OH is 1. The van der Waals surface area contributed by atoms with E-state index in [1.54, 1.807) is 13.2 Å². The molecule has 3 heterocycles. The van der Waals surface area contributed by atoms with Crippen LogP contribution in [0.15, 0.2) is 42.6 Å². The number of hydrogen-bond acceptors (Lipinski definition) is 6. The van der Waals surface area contributed by atoms with E-state index in [9.17, 15) is 9.59 Å². The zero-order chi connectivity index (χ0) is 21.8. The van der Waals surface area contributed by atoms with Gasteiger partial charge in [-0.05, 0) is 42.0 Å². The zero-order valence-corrected chi connectivity index (χ0v) is 17.2. The molecule has 0 spiro atoms. The van der Waals surface area contributed by atoms with Crippen LogP contribution in [0, 0.1) is 0 Å². The number of likely N-dealkylation sites (N-methyl/N-ethyl adjacent to an activating group) is 1. The molecule has 1 aliphatic heterocycles. The first-order valence-corrected chi connectivity index (χ1v) is 10.2. The van der Waals surface area contributed by atoms with Gasteiger partial charge in [0.25, 0.3) is 5.91 Å². The van der Waals surface area contributed by atoms with E-state index in [-0.39, 0.29) is 18.3 Å². The fourth-order valence-electron chi connectivity index (χ4n) is 3.75. The van der Waals surface area contributed by atoms with E-state index in [1.807, 2.05) is 36.4 Å². The highest BCUT2D eigenvalue weighted by Gasteiger charge is 2.30. The van der Waals surface area contributed by atoms with E-state index >= 15 is 0 Å². The van der Waals surface area contributed by atoms with Crippen molar-refractivity contribution >= 4 is 17.6 Å². The average Bonchev–Trinajstić information content (AvgIpc) is 3.20. The highest BCUT2D eigenvalue weighted by atomic mass is 16.3. The summed E-state index contributed by atoms with van der Waals surface area (Å²) in [6.45, 7) is 0.0896. The predicted molar refractivity (Wildman–Crippen MR) is 114 cm³/mol. The Balaban J connectivity index is 1.42. The third kappa shape index (κ3) is 4.61. The minimum atomic E-state index is -0.671. The van der Waals surface area contributed by atoms with Crippen LogP contribution in [0.2, 0.25) is 0 Å². The molecule has 4 rings (SSSR count). The standard InChI is InChI=1S/C22H24N6O3/c1-28-20-16(6-3-10-23-20)7-8-17(22(28)31)24-21(30)19-25-18(26-27-19)13-15-5-2-4-14(12-15)9-11-29/h2-6,10,12,17,29H,7-9,11,13H2,1H3,(H,24,30)(H,25,26,27). The van der Waals surface area contributed by atoms with Gasteiger partial charge in [-0.15, -0.1) is 10.2 Å². The van der Waals surface area contributed by atoms with Crippen molar-refractivity contribution in [3.05, 3.63) is 70.9 Å². The number of nitrogens with one attached hydrogen (secondary N) is 2. The number of anilines is 1. The normalized spacial score (nSPS) is 16.0. The van der Waals surface area contributed by atoms with Gasteiger partial charge in [0.1, 0.15) is 17.7 Å². The number of rotatable bonds is 6. The van der Waals surface area contributed by atoms with Crippen molar-refractivity contribution in [1.29, 1.82) is 0 Å². The highest BCUT2D eigenvalue weighted by Crippen LogP contribution is 2.23. The van der Waals surface area contributed by atoms with Crippen LogP contribution in [0.3, 0.4) is 0 Å². The second-order valence-corrected chi connectivity index (χ2v) is 7.54. The molecule has 3 aromatic rings. The number of fused-ring (bicyclic) bond motifs is 1. The monoisotopic (exact) mass is 420 g/mol. The lowest BCUT2D eigenvalue weighted by atomic mass is 10.1. The Labute approximate surface area is 179 Å². The minimum absolute atomic E-state index is 0.0665. The van der Waals surface area contributed by atoms with Crippen molar-refractivity contribution in [2.24, 2.45) is 0 Å². The van der Waals surface area contributed by atoms with Crippen molar-refractivity contribution in [3.63, 3.8) is 0 Å². The second kappa shape index (κ2) is 9.05. The summed E-state index contributed by atoms with van der Waals surface area (Å²) in [7, 11) is 1.66. The maximum Gasteiger partial charge on any atom is 0.289 e. The fourth-order valence-corrected chi connectivity index (χ4v) is 3.75. The molecule has 0 radical (unpaired) electrons. The van der Waals surface area contributed by atoms with Crippen molar-refractivity contribution in [2.75, 3.05) is 18.6 Å². The number of nitrogens with zero attached hydrogens (tertiary/aromatic N) is 4. The number of benzene rings is 1. The summed E-state index contributed by atoms with van der Waals surface area (Å²) in [6, 6.07) is 10.9. The maximum atomic E-state index is 12.8. The van der Waals surface area contributed by atoms with Gasteiger partial charge in [-0.2, -0.15) is 0 Å². The topological polar surface area (TPSA) is 124 Å². The maximum absolute atomic E-state index is 12.8. The van der Waals surface area contributed by atoms with Crippen LogP contribution in [-0.2, 0) is 24.1 Å². The van der Waals surface area contributed by atoms with E-state index in [4.69, 9.17) is 5.11 Å². The van der Waals surface area contributed by atoms with Crippen LogP contribution in [-0.4, -0.2) is 56.8 Å². The van der Waals surface area contributed by atoms with E-state index in [0.717, 1.165) is 16.7 Å². The number of aliphatic hydroxyl groups is 1. The number of carbonyl (C=O) groups is 2. The van der Waals surface area contributed by atoms with Gasteiger partial charge >= 0.3 is 0 Å². The van der Waals surface area contributed by atoms with Crippen molar-refractivity contribution in [2.45, 2.75) is 31.7 Å². The number of aromatic nitrogens is 4. The first-order chi connectivity index (χ1) is 15.0. The summed E-state index contributed by atoms with van der Waals surface area (Å²) in [5.74, 6) is 0.545. The lowest BCUT2D eigenvalue weighted by Crippen LogP contribution is -2.47. The lowest BCUT2D eigenvalue weighted by molar-refractivity contribution is -0.120. The molecule has 9 nitrogen and oxygen atoms in total. The van der Waals surface area contributed by atoms with E-state index < -0.39 is 11.9 Å². The molecule has 160 valence electrons. The molecule has 1 atom stereocenters. The fraction of sp³-hybridized carbons (Fsp3) is 0.318. The van der Waals surface area contributed by atoms with Crippen LogP contribution in [0.4, 0.5) is 5.82 Å². The molecule has 31 heavy (non-hydrogen) atoms. The van der Waals surface area contributed by atoms with Crippen LogP contribution in [0.1, 0.15) is 39.6 Å². The molecule has 0 saturated heterocycles. The largest absolute Gasteiger partial charge is 0.396 e. The smallest absolute Gasteiger partial charge is 0.289 e. The number of amides is 2. The Bertz CT molecular complexity index is 1100. The van der Waals surface area contributed by atoms with Crippen molar-refractivity contribution < 1.29 is 14.7 Å². The first kappa shape index (κ1) is 20.7. The highest BCUT2D eigenvalue weighted by molar-refractivity contribution is 6.01. The Morgan fingerprint density at radius 3 is 2.94 bits per heavy atom. The summed E-state index contributed by atoms with van der Waals surface area (Å²) >= 11 is 0. The van der Waals surface area contributed by atoms with Gasteiger partial charge in [-0.3, -0.25) is 14.5 Å². The van der Waals surface area contributed by atoms with E-state index in [0.29, 0.717) is 37.3 Å². The minimum Gasteiger partial charge on any atom is -0.396 e. The Kier molecular flexibility index (Phi) is 6.03. The second-order valence-electron chi connectivity index (χ2n) is 7.54. The average molecular weight is 420 g/mol. The molecule has 2 aromatic heterocycles. The predicted octanol–water partition coefficient (Wildman–Crippen LogP) is 1.03. The molecular weight excluding hydrogens is 396 g/mol. The molecule has 0 fully saturated rings. The zero-order valence-electron chi connectivity index (χ0n) is 17.2. The van der Waals surface area contributed by atoms with E-state index in [1.165, 1.54) is 4.90 Å². The number of carbonyl (C=O) groups excluding carboxylic acids is 2. The lowest BCUT2D eigenvalue weighted by Gasteiger charge is -2.20. The Hall–Kier alpha value is -3.59. The number of H-pyrrole nitrogens is 1. The molecule has 1 aromatic carbocycles. The molecule has 1 aliphatic rings. The van der Waals surface area contributed by atoms with Crippen LogP contribution in [0.5, 0.6) is 0 Å². The summed E-state index contributed by atoms with van der Waals surface area (Å²) in [4.78, 5) is 34.2. The Morgan fingerprint density at radius 1 is 1.26 bits per heavy atom. The number of aryl methyl sites for hydroxylation is 1. The van der Waals surface area contributed by atoms with Gasteiger partial charge < -0.3 is 15.4 Å². The van der Waals surface area contributed by atoms with Gasteiger partial charge in [0, 0.05) is 26.3 Å². The Morgan fingerprint density at radius 2 is 2.10 bits per heavy atom. The SMILES string of the molecule is CN1C(=O)C(NC(=O)c2nnc(Cc3cccc(CCO)c3)[nH]2)CCc2cccnc21. The third-order valence-electron chi connectivity index (χ3n) is 5.33. The molecule has 3 N–H and O–H groups in total. The number of pyridine rings is 1. The number of aromatic amines is 1. The van der Waals surface area contributed by atoms with Crippen LogP contribution in [0.25, 0.3) is 0 Å². The molecule has 9 heteroatoms. The van der Waals surface area contributed by atoms with Gasteiger partial charge in [-0.25, -0.2) is 4.98 Å². The molecular formula is C22H24N6O3. The van der Waals surface area contributed by atoms with Gasteiger partial charge in [0.15, 0.2) is 0 Å². The van der Waals surface area contributed by atoms with E-state index in [2.05, 4.69) is 25.5 Å². The molecule has 0 aliphatic carbocycles. The third-order valence-corrected chi connectivity index (χ3v) is 5.33. The summed E-state index contributed by atoms with van der Waals surface area (Å²) < 4.78 is 0. The summed E-state index contributed by atoms with van der Waals surface area (Å²) in [5, 5.41) is 19.9. The van der Waals surface area contributed by atoms with Gasteiger partial charge in [0.2, 0.25) is 11.7 Å². The molecule has 0 bridgehead atoms. The van der Waals surface area contributed by atoms with Crippen molar-refractivity contribution in [1.82, 2.24) is 25.5 Å². The molecule has 2 amide bonds. The molecule has 0 saturated carbocycles. The number of hydrogen-bond donors (Lipinski definition) is 3. The molecule has 1 unspecified atom stereocenters. The van der Waals surface area contributed by atoms with Crippen molar-refractivity contribution in [3.8, 4) is 0 Å². The van der Waals surface area contributed by atoms with Gasteiger partial charge in [0.05, 0.1) is 0 Å². The quantitative estimate of drug-likeness (QED) is 0.547.